The number of nitrogens with one attached hydrogen (secondary N) is 1. The predicted molar refractivity (Wildman–Crippen MR) is 89.5 cm³/mol. The highest BCUT2D eigenvalue weighted by molar-refractivity contribution is 7.99. The summed E-state index contributed by atoms with van der Waals surface area (Å²) < 4.78 is 0. The second-order valence-corrected chi connectivity index (χ2v) is 6.50. The van der Waals surface area contributed by atoms with Crippen molar-refractivity contribution in [3.8, 4) is 0 Å². The zero-order chi connectivity index (χ0) is 14.8. The van der Waals surface area contributed by atoms with Crippen molar-refractivity contribution < 1.29 is 0 Å². The van der Waals surface area contributed by atoms with Gasteiger partial charge in [0.1, 0.15) is 0 Å². The summed E-state index contributed by atoms with van der Waals surface area (Å²) in [6.07, 6.45) is 0. The highest BCUT2D eigenvalue weighted by Crippen LogP contribution is 2.36. The molecule has 0 saturated heterocycles. The molecule has 4 heteroatoms. The lowest BCUT2D eigenvalue weighted by Gasteiger charge is -2.19. The third-order valence-corrected chi connectivity index (χ3v) is 4.83. The molecule has 3 aromatic rings. The summed E-state index contributed by atoms with van der Waals surface area (Å²) in [5.41, 5.74) is 10.7. The molecule has 3 N–H and O–H groups in total. The number of rotatable bonds is 4. The molecule has 0 spiro atoms. The van der Waals surface area contributed by atoms with Crippen LogP contribution in [0.5, 0.6) is 0 Å². The van der Waals surface area contributed by atoms with E-state index in [9.17, 15) is 0 Å². The standard InChI is InChI=1S/C17H19N3S/c1-11-8-9-14-15(10-11)20-17(19-14)21-16(12(2)18)13-6-4-3-5-7-13/h3-10,12,16H,18H2,1-2H3,(H,19,20). The van der Waals surface area contributed by atoms with Gasteiger partial charge in [-0.1, -0.05) is 48.2 Å². The Morgan fingerprint density at radius 1 is 1.14 bits per heavy atom. The number of thioether (sulfide) groups is 1. The van der Waals surface area contributed by atoms with Crippen molar-refractivity contribution in [1.29, 1.82) is 0 Å². The first kappa shape index (κ1) is 14.2. The Morgan fingerprint density at radius 3 is 2.62 bits per heavy atom. The minimum atomic E-state index is 0.0485. The van der Waals surface area contributed by atoms with E-state index >= 15 is 0 Å². The Morgan fingerprint density at radius 2 is 1.90 bits per heavy atom. The first-order chi connectivity index (χ1) is 10.1. The van der Waals surface area contributed by atoms with Crippen molar-refractivity contribution >= 4 is 22.8 Å². The zero-order valence-electron chi connectivity index (χ0n) is 12.2. The Bertz CT molecular complexity index is 734. The number of aromatic amines is 1. The van der Waals surface area contributed by atoms with Gasteiger partial charge in [0.25, 0.3) is 0 Å². The van der Waals surface area contributed by atoms with Crippen LogP contribution in [-0.4, -0.2) is 16.0 Å². The summed E-state index contributed by atoms with van der Waals surface area (Å²) in [5.74, 6) is 0. The maximum absolute atomic E-state index is 6.17. The molecule has 0 amide bonds. The maximum atomic E-state index is 6.17. The van der Waals surface area contributed by atoms with Gasteiger partial charge in [0.15, 0.2) is 5.16 Å². The molecule has 21 heavy (non-hydrogen) atoms. The first-order valence-corrected chi connectivity index (χ1v) is 7.95. The number of H-pyrrole nitrogens is 1. The summed E-state index contributed by atoms with van der Waals surface area (Å²) in [5, 5.41) is 1.11. The third kappa shape index (κ3) is 3.12. The maximum Gasteiger partial charge on any atom is 0.167 e. The lowest BCUT2D eigenvalue weighted by molar-refractivity contribution is 0.719. The molecule has 0 aliphatic carbocycles. The van der Waals surface area contributed by atoms with E-state index in [0.29, 0.717) is 0 Å². The van der Waals surface area contributed by atoms with Gasteiger partial charge in [-0.05, 0) is 37.1 Å². The molecule has 1 heterocycles. The van der Waals surface area contributed by atoms with E-state index < -0.39 is 0 Å². The van der Waals surface area contributed by atoms with Crippen LogP contribution in [0.3, 0.4) is 0 Å². The number of fused-ring (bicyclic) bond motifs is 1. The Labute approximate surface area is 129 Å². The highest BCUT2D eigenvalue weighted by Gasteiger charge is 2.19. The quantitative estimate of drug-likeness (QED) is 0.714. The van der Waals surface area contributed by atoms with Crippen LogP contribution in [0.2, 0.25) is 0 Å². The second kappa shape index (κ2) is 5.92. The van der Waals surface area contributed by atoms with Gasteiger partial charge in [-0.3, -0.25) is 0 Å². The average molecular weight is 297 g/mol. The normalized spacial score (nSPS) is 14.2. The molecule has 0 radical (unpaired) electrons. The number of nitrogens with zero attached hydrogens (tertiary/aromatic N) is 1. The molecule has 2 aromatic carbocycles. The van der Waals surface area contributed by atoms with Gasteiger partial charge in [-0.25, -0.2) is 4.98 Å². The van der Waals surface area contributed by atoms with E-state index in [1.807, 2.05) is 25.1 Å². The van der Waals surface area contributed by atoms with Crippen LogP contribution in [0.4, 0.5) is 0 Å². The van der Waals surface area contributed by atoms with Crippen molar-refractivity contribution in [3.05, 3.63) is 59.7 Å². The van der Waals surface area contributed by atoms with Gasteiger partial charge in [0.05, 0.1) is 16.3 Å². The number of benzene rings is 2. The van der Waals surface area contributed by atoms with E-state index in [1.165, 1.54) is 11.1 Å². The topological polar surface area (TPSA) is 54.7 Å². The lowest BCUT2D eigenvalue weighted by atomic mass is 10.1. The Hall–Kier alpha value is -1.78. The Balaban J connectivity index is 1.91. The van der Waals surface area contributed by atoms with Crippen LogP contribution in [0.15, 0.2) is 53.7 Å². The summed E-state index contributed by atoms with van der Waals surface area (Å²) in [4.78, 5) is 8.04. The SMILES string of the molecule is Cc1ccc2nc(SC(c3ccccc3)C(C)N)[nH]c2c1. The van der Waals surface area contributed by atoms with Crippen molar-refractivity contribution in [1.82, 2.24) is 9.97 Å². The van der Waals surface area contributed by atoms with Gasteiger partial charge in [0.2, 0.25) is 0 Å². The zero-order valence-corrected chi connectivity index (χ0v) is 13.0. The minimum absolute atomic E-state index is 0.0485. The molecule has 0 aliphatic rings. The Kier molecular flexibility index (Phi) is 3.99. The van der Waals surface area contributed by atoms with Crippen molar-refractivity contribution in [2.75, 3.05) is 0 Å². The molecule has 2 atom stereocenters. The van der Waals surface area contributed by atoms with Crippen LogP contribution >= 0.6 is 11.8 Å². The predicted octanol–water partition coefficient (Wildman–Crippen LogP) is 4.05. The molecule has 3 rings (SSSR count). The van der Waals surface area contributed by atoms with Crippen LogP contribution < -0.4 is 5.73 Å². The monoisotopic (exact) mass is 297 g/mol. The van der Waals surface area contributed by atoms with Crippen molar-refractivity contribution in [3.63, 3.8) is 0 Å². The fraction of sp³-hybridized carbons (Fsp3) is 0.235. The molecule has 1 aromatic heterocycles. The summed E-state index contributed by atoms with van der Waals surface area (Å²) in [6, 6.07) is 16.7. The number of imidazole rings is 1. The van der Waals surface area contributed by atoms with E-state index in [4.69, 9.17) is 5.73 Å². The lowest BCUT2D eigenvalue weighted by Crippen LogP contribution is -2.22. The van der Waals surface area contributed by atoms with Crippen LogP contribution in [0.25, 0.3) is 11.0 Å². The molecule has 0 fully saturated rings. The third-order valence-electron chi connectivity index (χ3n) is 3.46. The molecular formula is C17H19N3S. The van der Waals surface area contributed by atoms with Crippen LogP contribution in [-0.2, 0) is 0 Å². The number of aromatic nitrogens is 2. The molecule has 0 bridgehead atoms. The summed E-state index contributed by atoms with van der Waals surface area (Å²) in [6.45, 7) is 4.12. The van der Waals surface area contributed by atoms with E-state index in [0.717, 1.165) is 16.2 Å². The minimum Gasteiger partial charge on any atom is -0.333 e. The molecule has 0 aliphatic heterocycles. The van der Waals surface area contributed by atoms with Crippen molar-refractivity contribution in [2.45, 2.75) is 30.3 Å². The molecule has 3 nitrogen and oxygen atoms in total. The first-order valence-electron chi connectivity index (χ1n) is 7.07. The number of aryl methyl sites for hydroxylation is 1. The number of hydrogen-bond acceptors (Lipinski definition) is 3. The van der Waals surface area contributed by atoms with E-state index in [-0.39, 0.29) is 11.3 Å². The smallest absolute Gasteiger partial charge is 0.167 e. The van der Waals surface area contributed by atoms with Gasteiger partial charge in [0, 0.05) is 6.04 Å². The summed E-state index contributed by atoms with van der Waals surface area (Å²) >= 11 is 1.69. The number of hydrogen-bond donors (Lipinski definition) is 2. The van der Waals surface area contributed by atoms with Crippen LogP contribution in [0.1, 0.15) is 23.3 Å². The van der Waals surface area contributed by atoms with Gasteiger partial charge in [-0.15, -0.1) is 0 Å². The summed E-state index contributed by atoms with van der Waals surface area (Å²) in [7, 11) is 0. The van der Waals surface area contributed by atoms with Gasteiger partial charge >= 0.3 is 0 Å². The van der Waals surface area contributed by atoms with Gasteiger partial charge in [-0.2, -0.15) is 0 Å². The van der Waals surface area contributed by atoms with E-state index in [2.05, 4.69) is 47.2 Å². The molecule has 2 unspecified atom stereocenters. The molecule has 108 valence electrons. The largest absolute Gasteiger partial charge is 0.333 e. The van der Waals surface area contributed by atoms with Gasteiger partial charge < -0.3 is 10.7 Å². The number of nitrogens with two attached hydrogens (primary N) is 1. The highest BCUT2D eigenvalue weighted by atomic mass is 32.2. The average Bonchev–Trinajstić information content (AvgIpc) is 2.87. The van der Waals surface area contributed by atoms with Crippen molar-refractivity contribution in [2.24, 2.45) is 5.73 Å². The fourth-order valence-electron chi connectivity index (χ4n) is 2.40. The fourth-order valence-corrected chi connectivity index (χ4v) is 3.47. The van der Waals surface area contributed by atoms with E-state index in [1.54, 1.807) is 11.8 Å². The van der Waals surface area contributed by atoms with Crippen LogP contribution in [0, 0.1) is 6.92 Å². The molecular weight excluding hydrogens is 278 g/mol. The molecule has 0 saturated carbocycles. The second-order valence-electron chi connectivity index (χ2n) is 5.37.